The van der Waals surface area contributed by atoms with E-state index in [-0.39, 0.29) is 99.3 Å². The van der Waals surface area contributed by atoms with Crippen molar-refractivity contribution in [1.29, 1.82) is 0 Å². The molecule has 1 saturated heterocycles. The Morgan fingerprint density at radius 3 is 2.39 bits per heavy atom. The van der Waals surface area contributed by atoms with Gasteiger partial charge in [-0.05, 0) is 69.1 Å². The molecule has 7 rings (SSSR count). The van der Waals surface area contributed by atoms with E-state index in [1.54, 1.807) is 48.7 Å². The molecule has 7 amide bonds. The molecule has 6 N–H and O–H groups in total. The number of amides is 7. The van der Waals surface area contributed by atoms with Gasteiger partial charge < -0.3 is 53.5 Å². The Hall–Kier alpha value is -6.91. The molecular formula is C51H68N12O17P2S. The Bertz CT molecular complexity index is 3090. The number of aromatic amines is 1. The second kappa shape index (κ2) is 30.1. The normalized spacial score (nSPS) is 20.4. The van der Waals surface area contributed by atoms with Crippen LogP contribution in [-0.4, -0.2) is 149 Å². The summed E-state index contributed by atoms with van der Waals surface area (Å²) in [6.07, 6.45) is 7.21. The first kappa shape index (κ1) is 63.7. The third-order valence-electron chi connectivity index (χ3n) is 13.6. The SMILES string of the molecule is CC(C)C(NC(=O)CCCCCN1C(=O)C=CC1=O)C(=O)N[C@@H](C)C(=O)Nc1ccc(COC(=O)N(C)CCCC(=O)Nc2nc3c(ncn3[C@H]3CC[C@@H](CO[PH](=O)O[C@H]4C[C@H](Oc5ccncn5)C[C@@H]4CO[P@](=O)(O)S)O3)c(=O)[nH]2)cc1. The molecule has 2 aliphatic heterocycles. The monoisotopic (exact) mass is 1210 g/mol. The van der Waals surface area contributed by atoms with Crippen LogP contribution in [0.1, 0.15) is 96.8 Å². The van der Waals surface area contributed by atoms with Crippen LogP contribution in [0.25, 0.3) is 11.2 Å². The van der Waals surface area contributed by atoms with Gasteiger partial charge in [-0.3, -0.25) is 57.9 Å². The number of carbonyl (C=O) groups is 7. The molecule has 2 fully saturated rings. The second-order valence-corrected chi connectivity index (χ2v) is 24.1. The maximum Gasteiger partial charge on any atom is 0.409 e. The maximum absolute atomic E-state index is 13.2. The van der Waals surface area contributed by atoms with Gasteiger partial charge in [0, 0.05) is 75.4 Å². The molecule has 29 nitrogen and oxygen atoms in total. The molecule has 4 aromatic rings. The summed E-state index contributed by atoms with van der Waals surface area (Å²) in [5.41, 5.74) is 0.561. The Labute approximate surface area is 482 Å². The zero-order chi connectivity index (χ0) is 59.8. The average Bonchev–Trinajstić information content (AvgIpc) is 3.72. The van der Waals surface area contributed by atoms with Gasteiger partial charge in [0.25, 0.3) is 17.4 Å². The van der Waals surface area contributed by atoms with Crippen LogP contribution in [0.4, 0.5) is 16.4 Å². The van der Waals surface area contributed by atoms with E-state index in [9.17, 15) is 52.4 Å². The molecule has 0 spiro atoms. The number of fused-ring (bicyclic) bond motifs is 1. The van der Waals surface area contributed by atoms with E-state index in [0.717, 1.165) is 4.90 Å². The third kappa shape index (κ3) is 19.3. The number of hydrogen-bond acceptors (Lipinski definition) is 20. The van der Waals surface area contributed by atoms with Crippen LogP contribution in [0, 0.1) is 11.8 Å². The number of rotatable bonds is 30. The zero-order valence-corrected chi connectivity index (χ0v) is 48.8. The number of carbonyl (C=O) groups excluding carboxylic acids is 7. The Morgan fingerprint density at radius 2 is 1.67 bits per heavy atom. The summed E-state index contributed by atoms with van der Waals surface area (Å²) in [4.78, 5) is 132. The molecule has 1 saturated carbocycles. The predicted molar refractivity (Wildman–Crippen MR) is 300 cm³/mol. The predicted octanol–water partition coefficient (Wildman–Crippen LogP) is 4.34. The average molecular weight is 1220 g/mol. The van der Waals surface area contributed by atoms with E-state index < -0.39 is 87.0 Å². The molecule has 3 aliphatic rings. The number of unbranched alkanes of at least 4 members (excludes halogenated alkanes) is 2. The van der Waals surface area contributed by atoms with Crippen LogP contribution in [0.2, 0.25) is 0 Å². The van der Waals surface area contributed by atoms with Gasteiger partial charge in [0.1, 0.15) is 37.3 Å². The van der Waals surface area contributed by atoms with Gasteiger partial charge in [-0.15, -0.1) is 0 Å². The van der Waals surface area contributed by atoms with Gasteiger partial charge in [-0.25, -0.2) is 24.3 Å². The molecule has 5 heterocycles. The van der Waals surface area contributed by atoms with Crippen molar-refractivity contribution in [2.75, 3.05) is 44.0 Å². The second-order valence-electron chi connectivity index (χ2n) is 20.4. The Balaban J connectivity index is 0.781. The smallest absolute Gasteiger partial charge is 0.409 e. The van der Waals surface area contributed by atoms with Crippen molar-refractivity contribution in [2.45, 2.75) is 128 Å². The quantitative estimate of drug-likeness (QED) is 0.0165. The third-order valence-corrected chi connectivity index (χ3v) is 15.3. The molecule has 2 unspecified atom stereocenters. The van der Waals surface area contributed by atoms with Crippen LogP contribution in [0.5, 0.6) is 5.88 Å². The van der Waals surface area contributed by atoms with Gasteiger partial charge in [-0.2, -0.15) is 4.98 Å². The maximum atomic E-state index is 13.2. The lowest BCUT2D eigenvalue weighted by Gasteiger charge is -2.24. The van der Waals surface area contributed by atoms with Crippen LogP contribution >= 0.6 is 27.3 Å². The van der Waals surface area contributed by atoms with Crippen molar-refractivity contribution in [3.05, 3.63) is 77.3 Å². The van der Waals surface area contributed by atoms with Crippen molar-refractivity contribution >= 4 is 91.6 Å². The highest BCUT2D eigenvalue weighted by Gasteiger charge is 2.40. The minimum absolute atomic E-state index is 0.00351. The molecule has 0 bridgehead atoms. The first-order chi connectivity index (χ1) is 39.6. The fourth-order valence-electron chi connectivity index (χ4n) is 9.18. The Kier molecular flexibility index (Phi) is 23.1. The molecule has 9 atom stereocenters. The topological polar surface area (TPSA) is 373 Å². The number of nitrogens with zero attached hydrogens (tertiary/aromatic N) is 7. The van der Waals surface area contributed by atoms with Crippen molar-refractivity contribution < 1.29 is 75.4 Å². The molecule has 450 valence electrons. The molecule has 0 radical (unpaired) electrons. The summed E-state index contributed by atoms with van der Waals surface area (Å²) >= 11 is 3.58. The lowest BCUT2D eigenvalue weighted by atomic mass is 10.0. The fraction of sp³-hybridized carbons (Fsp3) is 0.529. The number of imidazole rings is 1. The van der Waals surface area contributed by atoms with E-state index in [1.165, 1.54) is 49.9 Å². The lowest BCUT2D eigenvalue weighted by Crippen LogP contribution is -2.53. The lowest BCUT2D eigenvalue weighted by molar-refractivity contribution is -0.137. The summed E-state index contributed by atoms with van der Waals surface area (Å²) in [5.74, 6) is -3.16. The van der Waals surface area contributed by atoms with Crippen molar-refractivity contribution in [3.8, 4) is 5.88 Å². The molecule has 83 heavy (non-hydrogen) atoms. The number of thiol groups is 1. The summed E-state index contributed by atoms with van der Waals surface area (Å²) < 4.78 is 60.3. The largest absolute Gasteiger partial charge is 0.474 e. The van der Waals surface area contributed by atoms with E-state index in [0.29, 0.717) is 55.7 Å². The van der Waals surface area contributed by atoms with Crippen molar-refractivity contribution in [2.24, 2.45) is 11.8 Å². The summed E-state index contributed by atoms with van der Waals surface area (Å²) in [6, 6.07) is 6.22. The van der Waals surface area contributed by atoms with Crippen LogP contribution in [0.3, 0.4) is 0 Å². The number of aromatic nitrogens is 6. The highest BCUT2D eigenvalue weighted by molar-refractivity contribution is 8.44. The van der Waals surface area contributed by atoms with Crippen molar-refractivity contribution in [3.63, 3.8) is 0 Å². The van der Waals surface area contributed by atoms with E-state index in [4.69, 9.17) is 27.8 Å². The van der Waals surface area contributed by atoms with Gasteiger partial charge in [0.2, 0.25) is 35.5 Å². The van der Waals surface area contributed by atoms with Gasteiger partial charge in [0.15, 0.2) is 11.2 Å². The summed E-state index contributed by atoms with van der Waals surface area (Å²) in [7, 11) is -1.60. The standard InChI is InChI=1S/C51H68N12O17P2S/c1-30(2)44(57-38(64)9-6-5-7-22-62-41(66)16-17-42(62)67)48(69)55-31(3)47(68)56-34-13-11-32(12-14-34)25-75-51(71)61(4)21-8-10-39(65)58-50-59-46-45(49(70)60-50)54-29-63(46)43-18-15-35(79-43)27-76-81(72)80-37-24-36(78-40-19-20-52-28-53-40)23-33(37)26-77-82(73,74)83/h11-14,16-17,19-20,28-31,33,35-37,43-44,81H,5-10,15,18,21-27H2,1-4H3,(H,55,69)(H,56,68)(H,57,64)(H2,73,74,83)(H2,58,59,60,65,70)/t31-,33+,35-,36+,37-,43+,44?/m0/s1. The molecule has 1 aliphatic carbocycles. The van der Waals surface area contributed by atoms with Gasteiger partial charge in [-0.1, -0.05) is 44.6 Å². The first-order valence-corrected chi connectivity index (χ1v) is 30.8. The zero-order valence-electron chi connectivity index (χ0n) is 46.0. The number of nitrogens with one attached hydrogen (secondary N) is 5. The summed E-state index contributed by atoms with van der Waals surface area (Å²) in [6.45, 7) is 0.943. The molecule has 3 aromatic heterocycles. The van der Waals surface area contributed by atoms with E-state index in [1.807, 2.05) is 0 Å². The molecule has 1 aromatic carbocycles. The van der Waals surface area contributed by atoms with Crippen LogP contribution < -0.4 is 31.6 Å². The fourth-order valence-corrected chi connectivity index (χ4v) is 10.7. The number of H-pyrrole nitrogens is 1. The molecular weight excluding hydrogens is 1150 g/mol. The highest BCUT2D eigenvalue weighted by atomic mass is 32.7. The van der Waals surface area contributed by atoms with E-state index >= 15 is 0 Å². The van der Waals surface area contributed by atoms with E-state index in [2.05, 4.69) is 58.4 Å². The van der Waals surface area contributed by atoms with Crippen LogP contribution in [0.15, 0.2) is 66.1 Å². The number of anilines is 2. The number of imide groups is 1. The molecule has 32 heteroatoms. The highest BCUT2D eigenvalue weighted by Crippen LogP contribution is 2.49. The first-order valence-electron chi connectivity index (χ1n) is 26.9. The van der Waals surface area contributed by atoms with Crippen molar-refractivity contribution in [1.82, 2.24) is 49.9 Å². The number of benzene rings is 1. The Morgan fingerprint density at radius 1 is 0.928 bits per heavy atom. The van der Waals surface area contributed by atoms with Crippen LogP contribution in [-0.2, 0) is 67.5 Å². The number of hydrogen-bond donors (Lipinski definition) is 7. The minimum Gasteiger partial charge on any atom is -0.474 e. The van der Waals surface area contributed by atoms with Gasteiger partial charge >= 0.3 is 21.1 Å². The summed E-state index contributed by atoms with van der Waals surface area (Å²) in [5, 5.41) is 10.7. The minimum atomic E-state index is -4.11. The number of ether oxygens (including phenoxy) is 3. The van der Waals surface area contributed by atoms with Gasteiger partial charge in [0.05, 0.1) is 31.7 Å².